The second-order valence-corrected chi connectivity index (χ2v) is 3.35. The Kier molecular flexibility index (Phi) is 6.54. The monoisotopic (exact) mass is 189 g/mol. The summed E-state index contributed by atoms with van der Waals surface area (Å²) in [6.07, 6.45) is 0.903. The summed E-state index contributed by atoms with van der Waals surface area (Å²) in [4.78, 5) is 12.2. The largest absolute Gasteiger partial charge is 0.481 e. The van der Waals surface area contributed by atoms with E-state index in [-0.39, 0.29) is 6.42 Å². The Balaban J connectivity index is 3.48. The van der Waals surface area contributed by atoms with Crippen molar-refractivity contribution in [1.29, 1.82) is 0 Å². The van der Waals surface area contributed by atoms with Gasteiger partial charge in [0.1, 0.15) is 0 Å². The van der Waals surface area contributed by atoms with E-state index in [0.29, 0.717) is 13.0 Å². The van der Waals surface area contributed by atoms with Gasteiger partial charge in [-0.2, -0.15) is 0 Å². The predicted molar refractivity (Wildman–Crippen MR) is 50.7 cm³/mol. The van der Waals surface area contributed by atoms with Gasteiger partial charge < -0.3 is 15.1 Å². The van der Waals surface area contributed by atoms with Gasteiger partial charge in [-0.05, 0) is 26.4 Å². The highest BCUT2D eigenvalue weighted by Gasteiger charge is 2.09. The molecule has 0 aliphatic carbocycles. The summed E-state index contributed by atoms with van der Waals surface area (Å²) in [6.45, 7) is 3.56. The molecule has 0 amide bonds. The number of aliphatic hydroxyl groups excluding tert-OH is 1. The predicted octanol–water partition coefficient (Wildman–Crippen LogP) is 0.554. The molecule has 4 nitrogen and oxygen atoms in total. The lowest BCUT2D eigenvalue weighted by Gasteiger charge is -2.19. The van der Waals surface area contributed by atoms with E-state index in [0.717, 1.165) is 13.0 Å². The van der Waals surface area contributed by atoms with Crippen molar-refractivity contribution in [3.8, 4) is 0 Å². The molecule has 13 heavy (non-hydrogen) atoms. The van der Waals surface area contributed by atoms with Crippen molar-refractivity contribution in [3.05, 3.63) is 0 Å². The molecule has 0 aliphatic heterocycles. The van der Waals surface area contributed by atoms with Crippen molar-refractivity contribution in [3.63, 3.8) is 0 Å². The van der Waals surface area contributed by atoms with E-state index >= 15 is 0 Å². The van der Waals surface area contributed by atoms with Crippen molar-refractivity contribution in [2.45, 2.75) is 32.3 Å². The van der Waals surface area contributed by atoms with Crippen molar-refractivity contribution in [2.24, 2.45) is 0 Å². The molecule has 0 rings (SSSR count). The van der Waals surface area contributed by atoms with Crippen molar-refractivity contribution >= 4 is 5.97 Å². The smallest absolute Gasteiger partial charge is 0.303 e. The van der Waals surface area contributed by atoms with Gasteiger partial charge in [-0.25, -0.2) is 0 Å². The first kappa shape index (κ1) is 12.4. The summed E-state index contributed by atoms with van der Waals surface area (Å²) in [5, 5.41) is 17.8. The highest BCUT2D eigenvalue weighted by molar-refractivity contribution is 5.66. The molecule has 78 valence electrons. The van der Waals surface area contributed by atoms with Crippen LogP contribution in [0.15, 0.2) is 0 Å². The van der Waals surface area contributed by atoms with Crippen LogP contribution in [0.2, 0.25) is 0 Å². The fourth-order valence-electron chi connectivity index (χ4n) is 1.21. The van der Waals surface area contributed by atoms with Crippen LogP contribution in [0.5, 0.6) is 0 Å². The van der Waals surface area contributed by atoms with Gasteiger partial charge in [0.2, 0.25) is 0 Å². The summed E-state index contributed by atoms with van der Waals surface area (Å²) in [5.41, 5.74) is 0. The number of aliphatic hydroxyl groups is 1. The number of carbonyl (C=O) groups is 1. The number of aliphatic carboxylic acids is 1. The van der Waals surface area contributed by atoms with Gasteiger partial charge in [-0.3, -0.25) is 4.79 Å². The van der Waals surface area contributed by atoms with Gasteiger partial charge in [0.15, 0.2) is 0 Å². The lowest BCUT2D eigenvalue weighted by Crippen LogP contribution is -2.30. The van der Waals surface area contributed by atoms with Crippen LogP contribution in [-0.2, 0) is 4.79 Å². The Hall–Kier alpha value is -0.610. The lowest BCUT2D eigenvalue weighted by molar-refractivity contribution is -0.137. The number of rotatable bonds is 7. The summed E-state index contributed by atoms with van der Waals surface area (Å²) in [5.74, 6) is -0.850. The lowest BCUT2D eigenvalue weighted by atomic mass is 10.2. The number of carboxylic acids is 1. The van der Waals surface area contributed by atoms with E-state index in [1.807, 2.05) is 11.9 Å². The van der Waals surface area contributed by atoms with Gasteiger partial charge in [0, 0.05) is 13.0 Å². The van der Waals surface area contributed by atoms with Crippen LogP contribution in [0.1, 0.15) is 26.2 Å². The molecule has 0 bridgehead atoms. The Morgan fingerprint density at radius 2 is 2.15 bits per heavy atom. The van der Waals surface area contributed by atoms with E-state index in [4.69, 9.17) is 5.11 Å². The van der Waals surface area contributed by atoms with Crippen molar-refractivity contribution in [2.75, 3.05) is 20.1 Å². The molecule has 0 radical (unpaired) electrons. The minimum atomic E-state index is -0.850. The summed E-state index contributed by atoms with van der Waals surface area (Å²) >= 11 is 0. The van der Waals surface area contributed by atoms with Crippen LogP contribution in [0, 0.1) is 0 Å². The fraction of sp³-hybridized carbons (Fsp3) is 0.889. The van der Waals surface area contributed by atoms with Crippen LogP contribution in [0.4, 0.5) is 0 Å². The van der Waals surface area contributed by atoms with Gasteiger partial charge in [-0.15, -0.1) is 0 Å². The van der Waals surface area contributed by atoms with Gasteiger partial charge in [0.25, 0.3) is 0 Å². The molecule has 1 atom stereocenters. The normalized spacial score (nSPS) is 13.2. The topological polar surface area (TPSA) is 60.8 Å². The SMILES string of the molecule is CCCN(C)CC(O)CCC(=O)O. The number of carboxylic acid groups (broad SMARTS) is 1. The fourth-order valence-corrected chi connectivity index (χ4v) is 1.21. The summed E-state index contributed by atoms with van der Waals surface area (Å²) < 4.78 is 0. The molecule has 0 saturated carbocycles. The Labute approximate surface area is 79.2 Å². The maximum absolute atomic E-state index is 10.2. The molecule has 4 heteroatoms. The molecule has 0 saturated heterocycles. The van der Waals surface area contributed by atoms with Crippen molar-refractivity contribution in [1.82, 2.24) is 4.90 Å². The zero-order chi connectivity index (χ0) is 10.3. The maximum atomic E-state index is 10.2. The zero-order valence-corrected chi connectivity index (χ0v) is 8.36. The first-order chi connectivity index (χ1) is 6.06. The van der Waals surface area contributed by atoms with Crippen molar-refractivity contribution < 1.29 is 15.0 Å². The summed E-state index contributed by atoms with van der Waals surface area (Å²) in [6, 6.07) is 0. The average molecular weight is 189 g/mol. The highest BCUT2D eigenvalue weighted by atomic mass is 16.4. The quantitative estimate of drug-likeness (QED) is 0.614. The molecule has 0 aliphatic rings. The Morgan fingerprint density at radius 1 is 1.54 bits per heavy atom. The summed E-state index contributed by atoms with van der Waals surface area (Å²) in [7, 11) is 1.92. The number of hydrogen-bond donors (Lipinski definition) is 2. The van der Waals surface area contributed by atoms with Gasteiger partial charge >= 0.3 is 5.97 Å². The maximum Gasteiger partial charge on any atom is 0.303 e. The molecule has 0 aromatic carbocycles. The first-order valence-electron chi connectivity index (χ1n) is 4.64. The third kappa shape index (κ3) is 7.74. The molecule has 0 spiro atoms. The van der Waals surface area contributed by atoms with Crippen LogP contribution in [-0.4, -0.2) is 47.3 Å². The van der Waals surface area contributed by atoms with E-state index in [9.17, 15) is 9.90 Å². The Bertz CT molecular complexity index is 150. The Morgan fingerprint density at radius 3 is 2.62 bits per heavy atom. The van der Waals surface area contributed by atoms with E-state index in [2.05, 4.69) is 6.92 Å². The van der Waals surface area contributed by atoms with Crippen LogP contribution in [0.25, 0.3) is 0 Å². The van der Waals surface area contributed by atoms with E-state index in [1.165, 1.54) is 0 Å². The molecule has 0 fully saturated rings. The minimum Gasteiger partial charge on any atom is -0.481 e. The second kappa shape index (κ2) is 6.86. The molecular weight excluding hydrogens is 170 g/mol. The third-order valence-electron chi connectivity index (χ3n) is 1.82. The van der Waals surface area contributed by atoms with E-state index in [1.54, 1.807) is 0 Å². The number of likely N-dealkylation sites (N-methyl/N-ethyl adjacent to an activating group) is 1. The van der Waals surface area contributed by atoms with Gasteiger partial charge in [-0.1, -0.05) is 6.92 Å². The van der Waals surface area contributed by atoms with Crippen LogP contribution >= 0.6 is 0 Å². The zero-order valence-electron chi connectivity index (χ0n) is 8.36. The number of nitrogens with zero attached hydrogens (tertiary/aromatic N) is 1. The van der Waals surface area contributed by atoms with Gasteiger partial charge in [0.05, 0.1) is 6.10 Å². The van der Waals surface area contributed by atoms with E-state index < -0.39 is 12.1 Å². The molecule has 2 N–H and O–H groups in total. The third-order valence-corrected chi connectivity index (χ3v) is 1.82. The average Bonchev–Trinajstić information content (AvgIpc) is 2.01. The second-order valence-electron chi connectivity index (χ2n) is 3.35. The minimum absolute atomic E-state index is 0.0428. The first-order valence-corrected chi connectivity index (χ1v) is 4.64. The molecule has 0 aromatic rings. The molecule has 1 unspecified atom stereocenters. The number of hydrogen-bond acceptors (Lipinski definition) is 3. The standard InChI is InChI=1S/C9H19NO3/c1-3-6-10(2)7-8(11)4-5-9(12)13/h8,11H,3-7H2,1-2H3,(H,12,13). The molecular formula is C9H19NO3. The molecule has 0 aromatic heterocycles. The molecule has 0 heterocycles. The highest BCUT2D eigenvalue weighted by Crippen LogP contribution is 1.99. The van der Waals surface area contributed by atoms with Crippen LogP contribution in [0.3, 0.4) is 0 Å². The van der Waals surface area contributed by atoms with Crippen LogP contribution < -0.4 is 0 Å².